The summed E-state index contributed by atoms with van der Waals surface area (Å²) in [5.74, 6) is 0. The number of fused-ring (bicyclic) bond motifs is 1. The van der Waals surface area contributed by atoms with Crippen LogP contribution in [0.4, 0.5) is 0 Å². The third-order valence-corrected chi connectivity index (χ3v) is 3.43. The van der Waals surface area contributed by atoms with Crippen molar-refractivity contribution in [3.8, 4) is 0 Å². The van der Waals surface area contributed by atoms with Crippen LogP contribution in [-0.4, -0.2) is 14.1 Å². The highest BCUT2D eigenvalue weighted by molar-refractivity contribution is 7.88. The molecule has 0 atom stereocenters. The van der Waals surface area contributed by atoms with Crippen molar-refractivity contribution in [2.24, 2.45) is 4.40 Å². The van der Waals surface area contributed by atoms with E-state index in [1.165, 1.54) is 0 Å². The Bertz CT molecular complexity index is 392. The van der Waals surface area contributed by atoms with Gasteiger partial charge in [-0.25, -0.2) is 0 Å². The van der Waals surface area contributed by atoms with Crippen LogP contribution < -0.4 is 4.72 Å². The van der Waals surface area contributed by atoms with Crippen LogP contribution in [0.1, 0.15) is 32.6 Å². The molecule has 72 valence electrons. The molecule has 0 spiro atoms. The minimum Gasteiger partial charge on any atom is -0.269 e. The SMILES string of the molecule is CC1=C2CCCCC2=NS(=O)(=O)N1. The summed E-state index contributed by atoms with van der Waals surface area (Å²) >= 11 is 0. The second kappa shape index (κ2) is 2.83. The number of allylic oxidation sites excluding steroid dienone is 2. The highest BCUT2D eigenvalue weighted by Gasteiger charge is 2.24. The van der Waals surface area contributed by atoms with Gasteiger partial charge in [-0.15, -0.1) is 4.40 Å². The quantitative estimate of drug-likeness (QED) is 0.637. The van der Waals surface area contributed by atoms with Crippen LogP contribution in [0.3, 0.4) is 0 Å². The monoisotopic (exact) mass is 200 g/mol. The highest BCUT2D eigenvalue weighted by Crippen LogP contribution is 2.26. The van der Waals surface area contributed by atoms with Gasteiger partial charge in [-0.1, -0.05) is 0 Å². The van der Waals surface area contributed by atoms with Crippen molar-refractivity contribution in [2.45, 2.75) is 32.6 Å². The van der Waals surface area contributed by atoms with Crippen LogP contribution in [0.15, 0.2) is 15.7 Å². The van der Waals surface area contributed by atoms with Gasteiger partial charge in [0.25, 0.3) is 0 Å². The Morgan fingerprint density at radius 1 is 1.31 bits per heavy atom. The van der Waals surface area contributed by atoms with Crippen molar-refractivity contribution in [1.82, 2.24) is 4.72 Å². The molecule has 5 heteroatoms. The topological polar surface area (TPSA) is 58.5 Å². The first-order chi connectivity index (χ1) is 6.08. The second-order valence-electron chi connectivity index (χ2n) is 3.43. The third kappa shape index (κ3) is 1.60. The normalized spacial score (nSPS) is 26.1. The molecule has 0 unspecified atom stereocenters. The smallest absolute Gasteiger partial charge is 0.269 e. The summed E-state index contributed by atoms with van der Waals surface area (Å²) in [4.78, 5) is 0. The maximum Gasteiger partial charge on any atom is 0.342 e. The summed E-state index contributed by atoms with van der Waals surface area (Å²) in [5.41, 5.74) is 2.62. The van der Waals surface area contributed by atoms with E-state index >= 15 is 0 Å². The highest BCUT2D eigenvalue weighted by atomic mass is 32.2. The standard InChI is InChI=1S/C8H12N2O2S/c1-6-7-4-2-3-5-8(7)10-13(11,12)9-6/h9H,2-5H2,1H3. The van der Waals surface area contributed by atoms with Gasteiger partial charge in [0.2, 0.25) is 0 Å². The third-order valence-electron chi connectivity index (χ3n) is 2.40. The molecular weight excluding hydrogens is 188 g/mol. The van der Waals surface area contributed by atoms with Crippen LogP contribution in [0.25, 0.3) is 0 Å². The molecule has 13 heavy (non-hydrogen) atoms. The molecule has 0 aromatic rings. The molecule has 1 aliphatic carbocycles. The van der Waals surface area contributed by atoms with Crippen molar-refractivity contribution in [2.75, 3.05) is 0 Å². The van der Waals surface area contributed by atoms with Crippen LogP contribution in [0, 0.1) is 0 Å². The molecule has 0 aromatic heterocycles. The van der Waals surface area contributed by atoms with Gasteiger partial charge in [-0.2, -0.15) is 8.42 Å². The molecular formula is C8H12N2O2S. The van der Waals surface area contributed by atoms with E-state index in [0.29, 0.717) is 0 Å². The lowest BCUT2D eigenvalue weighted by atomic mass is 9.92. The average Bonchev–Trinajstić information content (AvgIpc) is 2.02. The van der Waals surface area contributed by atoms with Gasteiger partial charge in [0.05, 0.1) is 5.71 Å². The molecule has 1 N–H and O–H groups in total. The Labute approximate surface area is 77.9 Å². The first-order valence-electron chi connectivity index (χ1n) is 4.40. The van der Waals surface area contributed by atoms with E-state index in [-0.39, 0.29) is 0 Å². The van der Waals surface area contributed by atoms with Crippen LogP contribution >= 0.6 is 0 Å². The fourth-order valence-electron chi connectivity index (χ4n) is 1.82. The summed E-state index contributed by atoms with van der Waals surface area (Å²) in [6, 6.07) is 0. The van der Waals surface area contributed by atoms with Crippen molar-refractivity contribution < 1.29 is 8.42 Å². The summed E-state index contributed by atoms with van der Waals surface area (Å²) in [7, 11) is -3.42. The molecule has 2 aliphatic rings. The van der Waals surface area contributed by atoms with E-state index in [2.05, 4.69) is 9.12 Å². The number of hydrogen-bond acceptors (Lipinski definition) is 2. The van der Waals surface area contributed by atoms with Gasteiger partial charge in [-0.05, 0) is 38.2 Å². The fraction of sp³-hybridized carbons (Fsp3) is 0.625. The molecule has 0 amide bonds. The van der Waals surface area contributed by atoms with Gasteiger partial charge in [-0.3, -0.25) is 4.72 Å². The number of hydrogen-bond donors (Lipinski definition) is 1. The molecule has 0 radical (unpaired) electrons. The fourth-order valence-corrected chi connectivity index (χ4v) is 2.86. The molecule has 0 bridgehead atoms. The lowest BCUT2D eigenvalue weighted by Crippen LogP contribution is -2.30. The largest absolute Gasteiger partial charge is 0.342 e. The maximum atomic E-state index is 11.2. The van der Waals surface area contributed by atoms with E-state index in [1.54, 1.807) is 6.92 Å². The molecule has 0 aromatic carbocycles. The zero-order valence-electron chi connectivity index (χ0n) is 7.50. The van der Waals surface area contributed by atoms with E-state index in [4.69, 9.17) is 0 Å². The van der Waals surface area contributed by atoms with Gasteiger partial charge >= 0.3 is 10.2 Å². The van der Waals surface area contributed by atoms with Crippen molar-refractivity contribution >= 4 is 15.9 Å². The minimum absolute atomic E-state index is 0.754. The average molecular weight is 200 g/mol. The molecule has 0 saturated heterocycles. The number of nitrogens with one attached hydrogen (secondary N) is 1. The molecule has 2 rings (SSSR count). The molecule has 1 heterocycles. The van der Waals surface area contributed by atoms with Crippen LogP contribution in [0.2, 0.25) is 0 Å². The predicted molar refractivity (Wildman–Crippen MR) is 50.7 cm³/mol. The van der Waals surface area contributed by atoms with Crippen molar-refractivity contribution in [1.29, 1.82) is 0 Å². The van der Waals surface area contributed by atoms with E-state index in [9.17, 15) is 8.42 Å². The van der Waals surface area contributed by atoms with Gasteiger partial charge in [0, 0.05) is 5.70 Å². The number of rotatable bonds is 0. The van der Waals surface area contributed by atoms with Gasteiger partial charge < -0.3 is 0 Å². The maximum absolute atomic E-state index is 11.2. The first-order valence-corrected chi connectivity index (χ1v) is 5.84. The molecule has 1 saturated carbocycles. The Morgan fingerprint density at radius 3 is 2.77 bits per heavy atom. The number of nitrogens with zero attached hydrogens (tertiary/aromatic N) is 1. The minimum atomic E-state index is -3.42. The van der Waals surface area contributed by atoms with Crippen molar-refractivity contribution in [3.63, 3.8) is 0 Å². The lowest BCUT2D eigenvalue weighted by molar-refractivity contribution is 0.587. The van der Waals surface area contributed by atoms with Crippen molar-refractivity contribution in [3.05, 3.63) is 11.3 Å². The van der Waals surface area contributed by atoms with Crippen LogP contribution in [0.5, 0.6) is 0 Å². The zero-order chi connectivity index (χ0) is 9.47. The second-order valence-corrected chi connectivity index (χ2v) is 4.76. The Morgan fingerprint density at radius 2 is 2.00 bits per heavy atom. The van der Waals surface area contributed by atoms with E-state index in [1.807, 2.05) is 0 Å². The Kier molecular flexibility index (Phi) is 1.91. The van der Waals surface area contributed by atoms with Gasteiger partial charge in [0.1, 0.15) is 0 Å². The van der Waals surface area contributed by atoms with Gasteiger partial charge in [0.15, 0.2) is 0 Å². The molecule has 1 aliphatic heterocycles. The Hall–Kier alpha value is -0.840. The predicted octanol–water partition coefficient (Wildman–Crippen LogP) is 1.12. The summed E-state index contributed by atoms with van der Waals surface area (Å²) in [5, 5.41) is 0. The Balaban J connectivity index is 2.46. The summed E-state index contributed by atoms with van der Waals surface area (Å²) < 4.78 is 28.5. The summed E-state index contributed by atoms with van der Waals surface area (Å²) in [6.07, 6.45) is 3.93. The molecule has 4 nitrogen and oxygen atoms in total. The zero-order valence-corrected chi connectivity index (χ0v) is 8.32. The molecule has 1 fully saturated rings. The van der Waals surface area contributed by atoms with Crippen LogP contribution in [-0.2, 0) is 10.2 Å². The van der Waals surface area contributed by atoms with E-state index in [0.717, 1.165) is 42.7 Å². The summed E-state index contributed by atoms with van der Waals surface area (Å²) in [6.45, 7) is 1.80. The lowest BCUT2D eigenvalue weighted by Gasteiger charge is -2.23. The first kappa shape index (κ1) is 8.74. The van der Waals surface area contributed by atoms with E-state index < -0.39 is 10.2 Å².